The van der Waals surface area contributed by atoms with Crippen molar-refractivity contribution in [2.24, 2.45) is 0 Å². The zero-order valence-corrected chi connectivity index (χ0v) is 16.7. The van der Waals surface area contributed by atoms with Gasteiger partial charge in [-0.05, 0) is 66.3 Å². The van der Waals surface area contributed by atoms with Crippen molar-refractivity contribution in [2.75, 3.05) is 19.7 Å². The number of morpholine rings is 1. The predicted octanol–water partition coefficient (Wildman–Crippen LogP) is 2.56. The third-order valence-electron chi connectivity index (χ3n) is 4.50. The largest absolute Gasteiger partial charge is 0.368 e. The number of aromatic nitrogens is 4. The molecule has 1 aliphatic rings. The van der Waals surface area contributed by atoms with Gasteiger partial charge in [0.15, 0.2) is 0 Å². The second-order valence-electron chi connectivity index (χ2n) is 6.37. The number of nitrogens with zero attached hydrogens (tertiary/aromatic N) is 5. The van der Waals surface area contributed by atoms with Gasteiger partial charge in [-0.25, -0.2) is 4.98 Å². The van der Waals surface area contributed by atoms with Gasteiger partial charge in [-0.15, -0.1) is 0 Å². The first kappa shape index (κ1) is 17.3. The summed E-state index contributed by atoms with van der Waals surface area (Å²) >= 11 is 2.27. The Kier molecular flexibility index (Phi) is 4.62. The van der Waals surface area contributed by atoms with Crippen LogP contribution in [0, 0.1) is 17.4 Å². The summed E-state index contributed by atoms with van der Waals surface area (Å²) in [7, 11) is 0. The van der Waals surface area contributed by atoms with E-state index >= 15 is 0 Å². The Morgan fingerprint density at radius 3 is 2.96 bits per heavy atom. The van der Waals surface area contributed by atoms with E-state index in [-0.39, 0.29) is 12.0 Å². The smallest absolute Gasteiger partial charge is 0.254 e. The van der Waals surface area contributed by atoms with E-state index in [1.54, 1.807) is 4.52 Å². The highest BCUT2D eigenvalue weighted by Crippen LogP contribution is 2.24. The number of hydrogen-bond donors (Lipinski definition) is 0. The average Bonchev–Trinajstić information content (AvgIpc) is 3.11. The van der Waals surface area contributed by atoms with Gasteiger partial charge in [0.25, 0.3) is 11.7 Å². The zero-order chi connectivity index (χ0) is 18.3. The molecule has 0 bridgehead atoms. The first-order valence-electron chi connectivity index (χ1n) is 8.37. The molecule has 1 fully saturated rings. The molecule has 1 aromatic carbocycles. The molecular weight excluding hydrogens is 445 g/mol. The van der Waals surface area contributed by atoms with Crippen molar-refractivity contribution < 1.29 is 9.53 Å². The van der Waals surface area contributed by atoms with E-state index in [0.29, 0.717) is 31.0 Å². The third kappa shape index (κ3) is 3.18. The van der Waals surface area contributed by atoms with Crippen LogP contribution in [0.15, 0.2) is 30.6 Å². The quantitative estimate of drug-likeness (QED) is 0.547. The van der Waals surface area contributed by atoms with Gasteiger partial charge in [0.1, 0.15) is 12.4 Å². The predicted molar refractivity (Wildman–Crippen MR) is 104 cm³/mol. The van der Waals surface area contributed by atoms with Crippen molar-refractivity contribution in [3.05, 3.63) is 56.7 Å². The van der Waals surface area contributed by atoms with Crippen LogP contribution < -0.4 is 0 Å². The maximum atomic E-state index is 12.9. The molecule has 0 spiro atoms. The lowest BCUT2D eigenvalue weighted by Gasteiger charge is -2.33. The second-order valence-corrected chi connectivity index (χ2v) is 7.53. The molecule has 134 valence electrons. The highest BCUT2D eigenvalue weighted by atomic mass is 127. The van der Waals surface area contributed by atoms with Crippen LogP contribution in [0.5, 0.6) is 0 Å². The summed E-state index contributed by atoms with van der Waals surface area (Å²) in [5.41, 5.74) is 3.53. The number of carbonyl (C=O) groups is 1. The monoisotopic (exact) mass is 463 g/mol. The van der Waals surface area contributed by atoms with Crippen molar-refractivity contribution in [1.29, 1.82) is 0 Å². The fourth-order valence-corrected chi connectivity index (χ4v) is 3.50. The standard InChI is InChI=1S/C18H18IN5O2/c1-11-7-13(3-4-14(11)19)17(25)23-5-6-26-16(9-23)15-8-12(2)22-18-20-10-21-24(15)18/h3-4,7-8,10,16H,5-6,9H2,1-2H3. The Labute approximate surface area is 164 Å². The molecule has 26 heavy (non-hydrogen) atoms. The normalized spacial score (nSPS) is 17.7. The van der Waals surface area contributed by atoms with E-state index in [1.807, 2.05) is 43.0 Å². The SMILES string of the molecule is Cc1cc(C2CN(C(=O)c3ccc(I)c(C)c3)CCO2)n2ncnc2n1. The van der Waals surface area contributed by atoms with Crippen LogP contribution in [0.2, 0.25) is 0 Å². The van der Waals surface area contributed by atoms with Crippen LogP contribution in [-0.4, -0.2) is 50.1 Å². The molecule has 0 radical (unpaired) electrons. The number of carbonyl (C=O) groups excluding carboxylic acids is 1. The van der Waals surface area contributed by atoms with Gasteiger partial charge in [0.2, 0.25) is 0 Å². The molecule has 2 aromatic heterocycles. The van der Waals surface area contributed by atoms with Crippen LogP contribution in [0.4, 0.5) is 0 Å². The minimum absolute atomic E-state index is 0.0263. The molecule has 7 nitrogen and oxygen atoms in total. The van der Waals surface area contributed by atoms with Crippen LogP contribution in [-0.2, 0) is 4.74 Å². The maximum Gasteiger partial charge on any atom is 0.254 e. The summed E-state index contributed by atoms with van der Waals surface area (Å²) in [5, 5.41) is 4.24. The molecule has 0 N–H and O–H groups in total. The Bertz CT molecular complexity index is 987. The Hall–Kier alpha value is -2.07. The number of ether oxygens (including phenoxy) is 1. The fourth-order valence-electron chi connectivity index (χ4n) is 3.16. The first-order chi connectivity index (χ1) is 12.5. The van der Waals surface area contributed by atoms with Gasteiger partial charge in [0, 0.05) is 21.4 Å². The van der Waals surface area contributed by atoms with Crippen molar-refractivity contribution in [3.63, 3.8) is 0 Å². The summed E-state index contributed by atoms with van der Waals surface area (Å²) in [4.78, 5) is 23.3. The molecule has 1 unspecified atom stereocenters. The Morgan fingerprint density at radius 1 is 1.31 bits per heavy atom. The molecule has 4 rings (SSSR count). The average molecular weight is 463 g/mol. The van der Waals surface area contributed by atoms with Crippen molar-refractivity contribution in [2.45, 2.75) is 20.0 Å². The van der Waals surface area contributed by atoms with E-state index < -0.39 is 0 Å². The lowest BCUT2D eigenvalue weighted by molar-refractivity contribution is -0.0257. The van der Waals surface area contributed by atoms with Gasteiger partial charge in [0.05, 0.1) is 18.8 Å². The second kappa shape index (κ2) is 6.92. The number of fused-ring (bicyclic) bond motifs is 1. The molecule has 1 atom stereocenters. The van der Waals surface area contributed by atoms with Crippen LogP contribution >= 0.6 is 22.6 Å². The van der Waals surface area contributed by atoms with Crippen molar-refractivity contribution in [3.8, 4) is 0 Å². The zero-order valence-electron chi connectivity index (χ0n) is 14.5. The van der Waals surface area contributed by atoms with Crippen molar-refractivity contribution in [1.82, 2.24) is 24.5 Å². The number of benzene rings is 1. The highest BCUT2D eigenvalue weighted by molar-refractivity contribution is 14.1. The van der Waals surface area contributed by atoms with Gasteiger partial charge in [-0.3, -0.25) is 4.79 Å². The summed E-state index contributed by atoms with van der Waals surface area (Å²) in [6.45, 7) is 5.46. The van der Waals surface area contributed by atoms with E-state index in [0.717, 1.165) is 20.5 Å². The molecule has 3 aromatic rings. The summed E-state index contributed by atoms with van der Waals surface area (Å²) in [6, 6.07) is 7.75. The van der Waals surface area contributed by atoms with E-state index in [9.17, 15) is 4.79 Å². The molecule has 0 aliphatic carbocycles. The summed E-state index contributed by atoms with van der Waals surface area (Å²) in [6.07, 6.45) is 1.22. The summed E-state index contributed by atoms with van der Waals surface area (Å²) < 4.78 is 8.78. The van der Waals surface area contributed by atoms with Crippen LogP contribution in [0.3, 0.4) is 0 Å². The fraction of sp³-hybridized carbons (Fsp3) is 0.333. The number of amides is 1. The Morgan fingerprint density at radius 2 is 2.15 bits per heavy atom. The van der Waals surface area contributed by atoms with Gasteiger partial charge in [-0.1, -0.05) is 0 Å². The molecule has 8 heteroatoms. The molecule has 1 saturated heterocycles. The minimum Gasteiger partial charge on any atom is -0.368 e. The number of aryl methyl sites for hydroxylation is 2. The number of hydrogen-bond acceptors (Lipinski definition) is 5. The molecule has 1 amide bonds. The number of halogens is 1. The van der Waals surface area contributed by atoms with E-state index in [1.165, 1.54) is 6.33 Å². The third-order valence-corrected chi connectivity index (χ3v) is 5.71. The van der Waals surface area contributed by atoms with Gasteiger partial charge >= 0.3 is 0 Å². The lowest BCUT2D eigenvalue weighted by atomic mass is 10.1. The molecule has 0 saturated carbocycles. The van der Waals surface area contributed by atoms with Crippen molar-refractivity contribution >= 4 is 34.3 Å². The van der Waals surface area contributed by atoms with E-state index in [4.69, 9.17) is 4.74 Å². The van der Waals surface area contributed by atoms with Crippen LogP contribution in [0.25, 0.3) is 5.78 Å². The van der Waals surface area contributed by atoms with Gasteiger partial charge in [-0.2, -0.15) is 14.6 Å². The minimum atomic E-state index is -0.261. The summed E-state index contributed by atoms with van der Waals surface area (Å²) in [5.74, 6) is 0.568. The highest BCUT2D eigenvalue weighted by Gasteiger charge is 2.28. The topological polar surface area (TPSA) is 72.6 Å². The molecular formula is C18H18IN5O2. The number of rotatable bonds is 2. The first-order valence-corrected chi connectivity index (χ1v) is 9.45. The molecule has 1 aliphatic heterocycles. The van der Waals surface area contributed by atoms with E-state index in [2.05, 4.69) is 37.7 Å². The Balaban J connectivity index is 1.62. The molecule has 3 heterocycles. The van der Waals surface area contributed by atoms with Crippen LogP contribution in [0.1, 0.15) is 33.4 Å². The maximum absolute atomic E-state index is 12.9. The van der Waals surface area contributed by atoms with Gasteiger partial charge < -0.3 is 9.64 Å². The lowest BCUT2D eigenvalue weighted by Crippen LogP contribution is -2.42.